The van der Waals surface area contributed by atoms with Crippen LogP contribution in [0.15, 0.2) is 24.3 Å². The average Bonchev–Trinajstić information content (AvgIpc) is 2.97. The molecule has 3 rings (SSSR count). The van der Waals surface area contributed by atoms with Crippen LogP contribution in [0, 0.1) is 19.8 Å². The number of fused-ring (bicyclic) bond motifs is 1. The van der Waals surface area contributed by atoms with E-state index in [1.165, 1.54) is 11.1 Å². The van der Waals surface area contributed by atoms with E-state index in [1.807, 2.05) is 26.0 Å². The van der Waals surface area contributed by atoms with Gasteiger partial charge in [0.1, 0.15) is 0 Å². The molecule has 0 atom stereocenters. The van der Waals surface area contributed by atoms with Crippen LogP contribution >= 0.6 is 0 Å². The number of rotatable bonds is 2. The summed E-state index contributed by atoms with van der Waals surface area (Å²) in [4.78, 5) is 12.3. The van der Waals surface area contributed by atoms with E-state index in [2.05, 4.69) is 27.6 Å². The smallest absolute Gasteiger partial charge is 0.229 e. The molecule has 1 heterocycles. The quantitative estimate of drug-likeness (QED) is 0.865. The minimum Gasteiger partial charge on any atom is -0.309 e. The van der Waals surface area contributed by atoms with E-state index in [0.29, 0.717) is 5.82 Å². The van der Waals surface area contributed by atoms with Crippen LogP contribution in [-0.2, 0) is 17.6 Å². The van der Waals surface area contributed by atoms with E-state index in [0.717, 1.165) is 24.1 Å². The maximum Gasteiger partial charge on any atom is 0.229 e. The third-order valence-electron chi connectivity index (χ3n) is 3.92. The molecule has 2 N–H and O–H groups in total. The van der Waals surface area contributed by atoms with Crippen LogP contribution in [0.2, 0.25) is 0 Å². The number of aryl methyl sites for hydroxylation is 1. The summed E-state index contributed by atoms with van der Waals surface area (Å²) in [5.41, 5.74) is 4.57. The number of hydrogen-bond acceptors (Lipinski definition) is 2. The molecule has 98 valence electrons. The molecule has 1 aromatic carbocycles. The summed E-state index contributed by atoms with van der Waals surface area (Å²) in [5, 5.41) is 9.93. The molecule has 4 nitrogen and oxygen atoms in total. The van der Waals surface area contributed by atoms with Crippen molar-refractivity contribution in [1.29, 1.82) is 0 Å². The van der Waals surface area contributed by atoms with E-state index in [9.17, 15) is 4.79 Å². The number of benzene rings is 1. The molecule has 0 unspecified atom stereocenters. The van der Waals surface area contributed by atoms with E-state index >= 15 is 0 Å². The second-order valence-electron chi connectivity index (χ2n) is 5.19. The summed E-state index contributed by atoms with van der Waals surface area (Å²) in [7, 11) is 0. The number of nitrogens with zero attached hydrogens (tertiary/aromatic N) is 1. The lowest BCUT2D eigenvalue weighted by molar-refractivity contribution is -0.119. The van der Waals surface area contributed by atoms with E-state index in [1.54, 1.807) is 0 Å². The topological polar surface area (TPSA) is 57.8 Å². The zero-order chi connectivity index (χ0) is 13.4. The van der Waals surface area contributed by atoms with Crippen molar-refractivity contribution >= 4 is 11.7 Å². The minimum atomic E-state index is 0.0220. The number of aromatic nitrogens is 2. The maximum atomic E-state index is 12.3. The number of carbonyl (C=O) groups is 1. The molecule has 0 radical (unpaired) electrons. The number of carbonyl (C=O) groups excluding carboxylic acids is 1. The first-order chi connectivity index (χ1) is 9.15. The molecule has 0 spiro atoms. The zero-order valence-corrected chi connectivity index (χ0v) is 11.2. The molecule has 1 aliphatic rings. The van der Waals surface area contributed by atoms with E-state index < -0.39 is 0 Å². The Morgan fingerprint density at radius 3 is 2.42 bits per heavy atom. The Morgan fingerprint density at radius 2 is 1.89 bits per heavy atom. The first-order valence-corrected chi connectivity index (χ1v) is 6.54. The van der Waals surface area contributed by atoms with Gasteiger partial charge < -0.3 is 5.32 Å². The van der Waals surface area contributed by atoms with Crippen LogP contribution in [0.1, 0.15) is 22.4 Å². The van der Waals surface area contributed by atoms with Crippen molar-refractivity contribution in [2.75, 3.05) is 5.32 Å². The first kappa shape index (κ1) is 12.0. The molecule has 19 heavy (non-hydrogen) atoms. The Morgan fingerprint density at radius 1 is 1.26 bits per heavy atom. The summed E-state index contributed by atoms with van der Waals surface area (Å²) in [5.74, 6) is 0.734. The summed E-state index contributed by atoms with van der Waals surface area (Å²) >= 11 is 0. The van der Waals surface area contributed by atoms with Crippen molar-refractivity contribution in [2.45, 2.75) is 26.7 Å². The number of aromatic amines is 1. The molecule has 0 fully saturated rings. The highest BCUT2D eigenvalue weighted by atomic mass is 16.2. The normalized spacial score (nSPS) is 14.4. The van der Waals surface area contributed by atoms with Gasteiger partial charge in [-0.2, -0.15) is 5.10 Å². The van der Waals surface area contributed by atoms with Gasteiger partial charge in [0.25, 0.3) is 0 Å². The molecule has 2 aromatic rings. The average molecular weight is 255 g/mol. The molecular formula is C15H17N3O. The van der Waals surface area contributed by atoms with Crippen molar-refractivity contribution in [3.63, 3.8) is 0 Å². The van der Waals surface area contributed by atoms with Gasteiger partial charge >= 0.3 is 0 Å². The highest BCUT2D eigenvalue weighted by molar-refractivity contribution is 5.93. The fraction of sp³-hybridized carbons (Fsp3) is 0.333. The van der Waals surface area contributed by atoms with Crippen LogP contribution in [0.25, 0.3) is 0 Å². The van der Waals surface area contributed by atoms with Gasteiger partial charge in [-0.3, -0.25) is 9.89 Å². The molecule has 0 bridgehead atoms. The number of amides is 1. The highest BCUT2D eigenvalue weighted by Crippen LogP contribution is 2.27. The van der Waals surface area contributed by atoms with Gasteiger partial charge in [0.15, 0.2) is 5.82 Å². The predicted molar refractivity (Wildman–Crippen MR) is 74.0 cm³/mol. The number of nitrogens with one attached hydrogen (secondary N) is 2. The Hall–Kier alpha value is -2.10. The molecule has 1 aliphatic carbocycles. The van der Waals surface area contributed by atoms with Crippen molar-refractivity contribution < 1.29 is 4.79 Å². The minimum absolute atomic E-state index is 0.0220. The van der Waals surface area contributed by atoms with Gasteiger partial charge in [-0.25, -0.2) is 0 Å². The van der Waals surface area contributed by atoms with Gasteiger partial charge in [0, 0.05) is 17.2 Å². The van der Waals surface area contributed by atoms with Crippen LogP contribution in [-0.4, -0.2) is 16.1 Å². The van der Waals surface area contributed by atoms with Crippen molar-refractivity contribution in [3.8, 4) is 0 Å². The van der Waals surface area contributed by atoms with Crippen LogP contribution in [0.4, 0.5) is 5.82 Å². The van der Waals surface area contributed by atoms with Gasteiger partial charge in [-0.05, 0) is 37.8 Å². The fourth-order valence-corrected chi connectivity index (χ4v) is 2.57. The second kappa shape index (κ2) is 4.53. The van der Waals surface area contributed by atoms with Crippen LogP contribution < -0.4 is 5.32 Å². The third-order valence-corrected chi connectivity index (χ3v) is 3.92. The SMILES string of the molecule is Cc1[nH]nc(NC(=O)C2Cc3ccccc3C2)c1C. The number of anilines is 1. The number of H-pyrrole nitrogens is 1. The highest BCUT2D eigenvalue weighted by Gasteiger charge is 2.27. The van der Waals surface area contributed by atoms with Crippen molar-refractivity contribution in [1.82, 2.24) is 10.2 Å². The molecule has 1 aromatic heterocycles. The van der Waals surface area contributed by atoms with E-state index in [4.69, 9.17) is 0 Å². The number of hydrogen-bond donors (Lipinski definition) is 2. The molecular weight excluding hydrogens is 238 g/mol. The maximum absolute atomic E-state index is 12.3. The van der Waals surface area contributed by atoms with Crippen LogP contribution in [0.3, 0.4) is 0 Å². The zero-order valence-electron chi connectivity index (χ0n) is 11.2. The summed E-state index contributed by atoms with van der Waals surface area (Å²) in [6, 6.07) is 8.26. The van der Waals surface area contributed by atoms with Gasteiger partial charge in [0.2, 0.25) is 5.91 Å². The van der Waals surface area contributed by atoms with Crippen LogP contribution in [0.5, 0.6) is 0 Å². The first-order valence-electron chi connectivity index (χ1n) is 6.54. The third kappa shape index (κ3) is 2.14. The Kier molecular flexibility index (Phi) is 2.85. The van der Waals surface area contributed by atoms with Gasteiger partial charge in [0.05, 0.1) is 0 Å². The van der Waals surface area contributed by atoms with Crippen molar-refractivity contribution in [2.24, 2.45) is 5.92 Å². The molecule has 4 heteroatoms. The standard InChI is InChI=1S/C15H17N3O/c1-9-10(2)17-18-14(9)16-15(19)13-7-11-5-3-4-6-12(11)8-13/h3-6,13H,7-8H2,1-2H3,(H2,16,17,18,19). The lowest BCUT2D eigenvalue weighted by Gasteiger charge is -2.09. The van der Waals surface area contributed by atoms with Crippen molar-refractivity contribution in [3.05, 3.63) is 46.6 Å². The lowest BCUT2D eigenvalue weighted by atomic mass is 10.1. The van der Waals surface area contributed by atoms with Gasteiger partial charge in [-0.1, -0.05) is 24.3 Å². The monoisotopic (exact) mass is 255 g/mol. The molecule has 0 saturated heterocycles. The summed E-state index contributed by atoms with van der Waals surface area (Å²) < 4.78 is 0. The predicted octanol–water partition coefficient (Wildman–Crippen LogP) is 2.38. The summed E-state index contributed by atoms with van der Waals surface area (Å²) in [6.07, 6.45) is 1.65. The van der Waals surface area contributed by atoms with E-state index in [-0.39, 0.29) is 11.8 Å². The lowest BCUT2D eigenvalue weighted by Crippen LogP contribution is -2.23. The Labute approximate surface area is 112 Å². The largest absolute Gasteiger partial charge is 0.309 e. The van der Waals surface area contributed by atoms with Gasteiger partial charge in [-0.15, -0.1) is 0 Å². The Balaban J connectivity index is 1.72. The molecule has 0 saturated carbocycles. The Bertz CT molecular complexity index is 605. The fourth-order valence-electron chi connectivity index (χ4n) is 2.57. The summed E-state index contributed by atoms with van der Waals surface area (Å²) in [6.45, 7) is 3.90. The molecule has 0 aliphatic heterocycles. The second-order valence-corrected chi connectivity index (χ2v) is 5.19. The molecule has 1 amide bonds.